The van der Waals surface area contributed by atoms with Crippen molar-refractivity contribution in [1.29, 1.82) is 0 Å². The van der Waals surface area contributed by atoms with Gasteiger partial charge in [-0.05, 0) is 17.2 Å². The van der Waals surface area contributed by atoms with Crippen molar-refractivity contribution in [1.82, 2.24) is 14.9 Å². The van der Waals surface area contributed by atoms with Gasteiger partial charge >= 0.3 is 5.97 Å². The number of cyclic esters (lactones) is 1. The normalized spacial score (nSPS) is 16.9. The summed E-state index contributed by atoms with van der Waals surface area (Å²) in [5.41, 5.74) is 2.25. The summed E-state index contributed by atoms with van der Waals surface area (Å²) in [6, 6.07) is 16.4. The highest BCUT2D eigenvalue weighted by atomic mass is 16.5. The maximum absolute atomic E-state index is 12.9. The Kier molecular flexibility index (Phi) is 4.46. The van der Waals surface area contributed by atoms with Crippen LogP contribution in [0.3, 0.4) is 0 Å². The molecule has 27 heavy (non-hydrogen) atoms. The van der Waals surface area contributed by atoms with Crippen molar-refractivity contribution in [2.75, 3.05) is 0 Å². The van der Waals surface area contributed by atoms with E-state index in [4.69, 9.17) is 4.74 Å². The Morgan fingerprint density at radius 2 is 1.93 bits per heavy atom. The second-order valence-corrected chi connectivity index (χ2v) is 6.50. The lowest BCUT2D eigenvalue weighted by atomic mass is 9.97. The molecule has 2 heterocycles. The highest BCUT2D eigenvalue weighted by Gasteiger charge is 2.33. The Morgan fingerprint density at radius 3 is 2.67 bits per heavy atom. The van der Waals surface area contributed by atoms with Crippen LogP contribution >= 0.6 is 0 Å². The molecule has 2 aromatic carbocycles. The van der Waals surface area contributed by atoms with Crippen molar-refractivity contribution in [3.63, 3.8) is 0 Å². The maximum Gasteiger partial charge on any atom is 0.339 e. The summed E-state index contributed by atoms with van der Waals surface area (Å²) in [5.74, 6) is -0.1000. The molecule has 1 aromatic heterocycles. The molecular formula is C21H19N3O3. The van der Waals surface area contributed by atoms with Gasteiger partial charge in [0.1, 0.15) is 11.9 Å². The zero-order valence-corrected chi connectivity index (χ0v) is 14.8. The molecule has 0 fully saturated rings. The number of hydrogen-bond acceptors (Lipinski definition) is 4. The van der Waals surface area contributed by atoms with E-state index in [0.717, 1.165) is 11.1 Å². The Bertz CT molecular complexity index is 981. The average molecular weight is 361 g/mol. The fraction of sp³-hybridized carbons (Fsp3) is 0.190. The predicted molar refractivity (Wildman–Crippen MR) is 99.0 cm³/mol. The monoisotopic (exact) mass is 361 g/mol. The van der Waals surface area contributed by atoms with Gasteiger partial charge in [-0.3, -0.25) is 4.79 Å². The van der Waals surface area contributed by atoms with Gasteiger partial charge in [0.15, 0.2) is 6.10 Å². The molecule has 2 atom stereocenters. The minimum atomic E-state index is -0.862. The van der Waals surface area contributed by atoms with Gasteiger partial charge in [0.2, 0.25) is 0 Å². The summed E-state index contributed by atoms with van der Waals surface area (Å²) in [7, 11) is 1.88. The van der Waals surface area contributed by atoms with E-state index >= 15 is 0 Å². The van der Waals surface area contributed by atoms with E-state index < -0.39 is 18.1 Å². The number of aryl methyl sites for hydroxylation is 1. The number of hydrogen-bond donors (Lipinski definition) is 1. The van der Waals surface area contributed by atoms with E-state index in [2.05, 4.69) is 10.3 Å². The Balaban J connectivity index is 1.60. The third kappa shape index (κ3) is 3.33. The number of imidazole rings is 1. The maximum atomic E-state index is 12.9. The molecule has 0 bridgehead atoms. The van der Waals surface area contributed by atoms with Crippen LogP contribution < -0.4 is 5.32 Å². The van der Waals surface area contributed by atoms with Gasteiger partial charge in [-0.1, -0.05) is 48.5 Å². The van der Waals surface area contributed by atoms with Crippen molar-refractivity contribution in [2.45, 2.75) is 18.6 Å². The fourth-order valence-corrected chi connectivity index (χ4v) is 3.31. The van der Waals surface area contributed by atoms with Gasteiger partial charge in [-0.25, -0.2) is 9.78 Å². The second-order valence-electron chi connectivity index (χ2n) is 6.50. The van der Waals surface area contributed by atoms with Crippen LogP contribution in [0.25, 0.3) is 0 Å². The van der Waals surface area contributed by atoms with Crippen LogP contribution in [-0.4, -0.2) is 27.5 Å². The smallest absolute Gasteiger partial charge is 0.339 e. The van der Waals surface area contributed by atoms with Crippen molar-refractivity contribution in [3.8, 4) is 0 Å². The number of aromatic nitrogens is 2. The Hall–Kier alpha value is -3.41. The first-order valence-corrected chi connectivity index (χ1v) is 8.75. The number of nitrogens with one attached hydrogen (secondary N) is 1. The molecule has 6 heteroatoms. The lowest BCUT2D eigenvalue weighted by Crippen LogP contribution is -2.43. The van der Waals surface area contributed by atoms with E-state index in [1.54, 1.807) is 18.3 Å². The zero-order valence-electron chi connectivity index (χ0n) is 14.8. The number of amides is 1. The number of benzene rings is 2. The summed E-state index contributed by atoms with van der Waals surface area (Å²) in [4.78, 5) is 29.5. The fourth-order valence-electron chi connectivity index (χ4n) is 3.31. The van der Waals surface area contributed by atoms with E-state index in [-0.39, 0.29) is 5.91 Å². The lowest BCUT2D eigenvalue weighted by molar-refractivity contribution is -0.130. The van der Waals surface area contributed by atoms with Crippen LogP contribution in [-0.2, 0) is 23.0 Å². The molecule has 0 aliphatic carbocycles. The highest BCUT2D eigenvalue weighted by Crippen LogP contribution is 2.24. The molecule has 0 saturated carbocycles. The quantitative estimate of drug-likeness (QED) is 0.725. The molecule has 1 N–H and O–H groups in total. The number of carbonyl (C=O) groups excluding carboxylic acids is 2. The standard InChI is InChI=1S/C21H19N3O3/c1-24-12-11-22-19(24)18(14-7-3-2-4-8-14)23-20(25)17-13-15-9-5-6-10-16(15)21(26)27-17/h2-12,17-18H,13H2,1H3,(H,23,25)/t17-,18-/m0/s1. The summed E-state index contributed by atoms with van der Waals surface area (Å²) in [6.07, 6.45) is 3.01. The van der Waals surface area contributed by atoms with Gasteiger partial charge in [-0.15, -0.1) is 0 Å². The predicted octanol–water partition coefficient (Wildman–Crippen LogP) is 2.41. The van der Waals surface area contributed by atoms with Gasteiger partial charge in [0, 0.05) is 25.9 Å². The lowest BCUT2D eigenvalue weighted by Gasteiger charge is -2.26. The number of fused-ring (bicyclic) bond motifs is 1. The molecule has 4 rings (SSSR count). The average Bonchev–Trinajstić information content (AvgIpc) is 3.12. The van der Waals surface area contributed by atoms with Crippen LogP contribution in [0.2, 0.25) is 0 Å². The number of rotatable bonds is 4. The van der Waals surface area contributed by atoms with Crippen LogP contribution in [0.4, 0.5) is 0 Å². The summed E-state index contributed by atoms with van der Waals surface area (Å²) >= 11 is 0. The zero-order chi connectivity index (χ0) is 18.8. The first-order chi connectivity index (χ1) is 13.1. The summed E-state index contributed by atoms with van der Waals surface area (Å²) in [6.45, 7) is 0. The minimum absolute atomic E-state index is 0.338. The molecule has 0 unspecified atom stereocenters. The second kappa shape index (κ2) is 7.07. The third-order valence-electron chi connectivity index (χ3n) is 4.72. The Morgan fingerprint density at radius 1 is 1.19 bits per heavy atom. The van der Waals surface area contributed by atoms with Crippen molar-refractivity contribution in [2.24, 2.45) is 7.05 Å². The van der Waals surface area contributed by atoms with E-state index in [9.17, 15) is 9.59 Å². The molecule has 0 spiro atoms. The highest BCUT2D eigenvalue weighted by molar-refractivity contribution is 5.95. The molecule has 0 radical (unpaired) electrons. The first kappa shape index (κ1) is 17.0. The van der Waals surface area contributed by atoms with E-state index in [1.807, 2.05) is 60.3 Å². The van der Waals surface area contributed by atoms with Gasteiger partial charge in [-0.2, -0.15) is 0 Å². The molecule has 1 amide bonds. The molecule has 0 saturated heterocycles. The van der Waals surface area contributed by atoms with Gasteiger partial charge < -0.3 is 14.6 Å². The molecule has 6 nitrogen and oxygen atoms in total. The largest absolute Gasteiger partial charge is 0.448 e. The van der Waals surface area contributed by atoms with Crippen molar-refractivity contribution >= 4 is 11.9 Å². The van der Waals surface area contributed by atoms with Crippen LogP contribution in [0.1, 0.15) is 33.4 Å². The molecule has 1 aliphatic heterocycles. The van der Waals surface area contributed by atoms with Crippen molar-refractivity contribution in [3.05, 3.63) is 89.5 Å². The molecule has 136 valence electrons. The topological polar surface area (TPSA) is 73.2 Å². The summed E-state index contributed by atoms with van der Waals surface area (Å²) in [5, 5.41) is 3.00. The SMILES string of the molecule is Cn1ccnc1[C@@H](NC(=O)[C@@H]1Cc2ccccc2C(=O)O1)c1ccccc1. The molecule has 1 aliphatic rings. The van der Waals surface area contributed by atoms with Gasteiger partial charge in [0.25, 0.3) is 5.91 Å². The van der Waals surface area contributed by atoms with E-state index in [0.29, 0.717) is 17.8 Å². The third-order valence-corrected chi connectivity index (χ3v) is 4.72. The van der Waals surface area contributed by atoms with Crippen molar-refractivity contribution < 1.29 is 14.3 Å². The molecule has 3 aromatic rings. The summed E-state index contributed by atoms with van der Waals surface area (Å²) < 4.78 is 7.24. The van der Waals surface area contributed by atoms with Crippen LogP contribution in [0.5, 0.6) is 0 Å². The first-order valence-electron chi connectivity index (χ1n) is 8.75. The number of ether oxygens (including phenoxy) is 1. The van der Waals surface area contributed by atoms with Crippen LogP contribution in [0, 0.1) is 0 Å². The number of carbonyl (C=O) groups is 2. The van der Waals surface area contributed by atoms with E-state index in [1.165, 1.54) is 0 Å². The number of nitrogens with zero attached hydrogens (tertiary/aromatic N) is 2. The number of esters is 1. The minimum Gasteiger partial charge on any atom is -0.448 e. The Labute approximate surface area is 156 Å². The van der Waals surface area contributed by atoms with Crippen LogP contribution in [0.15, 0.2) is 67.0 Å². The van der Waals surface area contributed by atoms with Gasteiger partial charge in [0.05, 0.1) is 5.56 Å². The molecular weight excluding hydrogens is 342 g/mol.